The van der Waals surface area contributed by atoms with Gasteiger partial charge in [0.1, 0.15) is 11.6 Å². The zero-order chi connectivity index (χ0) is 24.2. The molecule has 0 saturated heterocycles. The number of halogens is 3. The Labute approximate surface area is 214 Å². The molecule has 0 atom stereocenters. The number of imidazole rings is 1. The second-order valence-electron chi connectivity index (χ2n) is 8.67. The van der Waals surface area contributed by atoms with Crippen molar-refractivity contribution in [1.82, 2.24) is 14.5 Å². The van der Waals surface area contributed by atoms with E-state index in [1.807, 2.05) is 24.3 Å². The number of hydrogen-bond acceptors (Lipinski definition) is 4. The molecule has 0 aliphatic carbocycles. The monoisotopic (exact) mass is 511 g/mol. The number of nitrogens with one attached hydrogen (secondary N) is 3. The predicted octanol–water partition coefficient (Wildman–Crippen LogP) is 5.52. The van der Waals surface area contributed by atoms with E-state index in [2.05, 4.69) is 26.6 Å². The standard InChI is InChI=1S/C27H27F2N5O.ClH/c28-19-5-9-21(10-6-19)30-26(31-22-11-7-20(29)8-12-22)15-18-33-16-13-23(14-17-33)34-25-4-2-1-3-24(25)32-27(34)35;/h1-13,26,30-31H,14-18H2,(H,32,35);1H. The highest BCUT2D eigenvalue weighted by Gasteiger charge is 2.18. The van der Waals surface area contributed by atoms with Gasteiger partial charge in [0.2, 0.25) is 0 Å². The molecular weight excluding hydrogens is 484 g/mol. The van der Waals surface area contributed by atoms with Crippen LogP contribution in [-0.2, 0) is 0 Å². The lowest BCUT2D eigenvalue weighted by atomic mass is 10.1. The van der Waals surface area contributed by atoms with Gasteiger partial charge in [-0.2, -0.15) is 0 Å². The highest BCUT2D eigenvalue weighted by Crippen LogP contribution is 2.21. The molecule has 9 heteroatoms. The van der Waals surface area contributed by atoms with Gasteiger partial charge in [-0.3, -0.25) is 9.47 Å². The van der Waals surface area contributed by atoms with Gasteiger partial charge < -0.3 is 15.6 Å². The number of H-pyrrole nitrogens is 1. The van der Waals surface area contributed by atoms with Crippen molar-refractivity contribution in [3.8, 4) is 0 Å². The van der Waals surface area contributed by atoms with E-state index in [0.29, 0.717) is 0 Å². The molecule has 0 radical (unpaired) electrons. The average Bonchev–Trinajstić information content (AvgIpc) is 3.21. The first kappa shape index (κ1) is 25.5. The van der Waals surface area contributed by atoms with Crippen molar-refractivity contribution in [2.24, 2.45) is 0 Å². The fraction of sp³-hybridized carbons (Fsp3) is 0.222. The summed E-state index contributed by atoms with van der Waals surface area (Å²) in [6.45, 7) is 2.37. The molecule has 0 amide bonds. The molecule has 6 nitrogen and oxygen atoms in total. The summed E-state index contributed by atoms with van der Waals surface area (Å²) in [4.78, 5) is 17.8. The highest BCUT2D eigenvalue weighted by atomic mass is 35.5. The lowest BCUT2D eigenvalue weighted by Gasteiger charge is -2.29. The Bertz CT molecular complexity index is 1330. The van der Waals surface area contributed by atoms with Crippen LogP contribution in [0, 0.1) is 11.6 Å². The van der Waals surface area contributed by atoms with Crippen molar-refractivity contribution in [2.75, 3.05) is 30.3 Å². The molecule has 1 aliphatic rings. The van der Waals surface area contributed by atoms with Crippen LogP contribution < -0.4 is 16.3 Å². The number of aromatic amines is 1. The Morgan fingerprint density at radius 3 is 2.08 bits per heavy atom. The van der Waals surface area contributed by atoms with Gasteiger partial charge in [0, 0.05) is 43.1 Å². The molecule has 0 fully saturated rings. The minimum absolute atomic E-state index is 0. The number of nitrogens with zero attached hydrogens (tertiary/aromatic N) is 2. The van der Waals surface area contributed by atoms with Gasteiger partial charge >= 0.3 is 5.69 Å². The summed E-state index contributed by atoms with van der Waals surface area (Å²) >= 11 is 0. The van der Waals surface area contributed by atoms with E-state index in [4.69, 9.17) is 0 Å². The van der Waals surface area contributed by atoms with Crippen molar-refractivity contribution >= 4 is 40.5 Å². The first-order valence-corrected chi connectivity index (χ1v) is 11.7. The Morgan fingerprint density at radius 2 is 1.50 bits per heavy atom. The van der Waals surface area contributed by atoms with Crippen LogP contribution in [0.5, 0.6) is 0 Å². The molecule has 3 aromatic carbocycles. The number of fused-ring (bicyclic) bond motifs is 1. The molecule has 0 spiro atoms. The van der Waals surface area contributed by atoms with Crippen LogP contribution in [0.25, 0.3) is 16.7 Å². The fourth-order valence-electron chi connectivity index (χ4n) is 4.43. The van der Waals surface area contributed by atoms with E-state index in [0.717, 1.165) is 60.6 Å². The topological polar surface area (TPSA) is 65.1 Å². The van der Waals surface area contributed by atoms with E-state index < -0.39 is 0 Å². The van der Waals surface area contributed by atoms with E-state index in [9.17, 15) is 13.6 Å². The number of hydrogen-bond donors (Lipinski definition) is 3. The van der Waals surface area contributed by atoms with Gasteiger partial charge in [-0.25, -0.2) is 13.6 Å². The van der Waals surface area contributed by atoms with Crippen LogP contribution >= 0.6 is 12.4 Å². The van der Waals surface area contributed by atoms with E-state index in [-0.39, 0.29) is 35.9 Å². The smallest absolute Gasteiger partial charge is 0.330 e. The van der Waals surface area contributed by atoms with Gasteiger partial charge in [-0.05, 0) is 67.1 Å². The first-order valence-electron chi connectivity index (χ1n) is 11.7. The van der Waals surface area contributed by atoms with Crippen LogP contribution in [-0.4, -0.2) is 40.3 Å². The third-order valence-electron chi connectivity index (χ3n) is 6.25. The van der Waals surface area contributed by atoms with Gasteiger partial charge in [0.15, 0.2) is 0 Å². The molecular formula is C27H28ClF2N5O. The van der Waals surface area contributed by atoms with Crippen molar-refractivity contribution in [3.63, 3.8) is 0 Å². The molecule has 5 rings (SSSR count). The highest BCUT2D eigenvalue weighted by molar-refractivity contribution is 5.85. The molecule has 36 heavy (non-hydrogen) atoms. The van der Waals surface area contributed by atoms with Gasteiger partial charge in [0.05, 0.1) is 17.2 Å². The summed E-state index contributed by atoms with van der Waals surface area (Å²) in [6.07, 6.45) is 3.49. The van der Waals surface area contributed by atoms with E-state index in [1.54, 1.807) is 28.8 Å². The van der Waals surface area contributed by atoms with E-state index >= 15 is 0 Å². The van der Waals surface area contributed by atoms with Crippen molar-refractivity contribution in [1.29, 1.82) is 0 Å². The SMILES string of the molecule is Cl.O=c1[nH]c2ccccc2n1C1=CCN(CCC(Nc2ccc(F)cc2)Nc2ccc(F)cc2)CC1. The molecule has 1 aliphatic heterocycles. The third-order valence-corrected chi connectivity index (χ3v) is 6.25. The van der Waals surface area contributed by atoms with Gasteiger partial charge in [0.25, 0.3) is 0 Å². The molecule has 3 N–H and O–H groups in total. The summed E-state index contributed by atoms with van der Waals surface area (Å²) in [6, 6.07) is 20.2. The van der Waals surface area contributed by atoms with Gasteiger partial charge in [-0.15, -0.1) is 12.4 Å². The maximum absolute atomic E-state index is 13.3. The predicted molar refractivity (Wildman–Crippen MR) is 144 cm³/mol. The van der Waals surface area contributed by atoms with Crippen molar-refractivity contribution < 1.29 is 8.78 Å². The summed E-state index contributed by atoms with van der Waals surface area (Å²) in [5.74, 6) is -0.576. The second kappa shape index (κ2) is 11.4. The largest absolute Gasteiger partial charge is 0.365 e. The summed E-state index contributed by atoms with van der Waals surface area (Å²) < 4.78 is 28.4. The minimum Gasteiger partial charge on any atom is -0.365 e. The molecule has 0 saturated carbocycles. The summed E-state index contributed by atoms with van der Waals surface area (Å²) in [7, 11) is 0. The molecule has 1 aromatic heterocycles. The average molecular weight is 512 g/mol. The van der Waals surface area contributed by atoms with Crippen LogP contribution in [0.4, 0.5) is 20.2 Å². The van der Waals surface area contributed by atoms with Crippen LogP contribution in [0.15, 0.2) is 83.7 Å². The lowest BCUT2D eigenvalue weighted by molar-refractivity contribution is 0.292. The van der Waals surface area contributed by atoms with Crippen molar-refractivity contribution in [2.45, 2.75) is 19.0 Å². The lowest BCUT2D eigenvalue weighted by Crippen LogP contribution is -2.37. The normalized spacial score (nSPS) is 13.9. The summed E-state index contributed by atoms with van der Waals surface area (Å²) in [5.41, 5.74) is 4.22. The number of para-hydroxylation sites is 2. The second-order valence-corrected chi connectivity index (χ2v) is 8.67. The van der Waals surface area contributed by atoms with Crippen LogP contribution in [0.2, 0.25) is 0 Å². The maximum Gasteiger partial charge on any atom is 0.330 e. The third kappa shape index (κ3) is 5.95. The van der Waals surface area contributed by atoms with E-state index in [1.165, 1.54) is 24.3 Å². The van der Waals surface area contributed by atoms with Crippen molar-refractivity contribution in [3.05, 3.63) is 101 Å². The zero-order valence-electron chi connectivity index (χ0n) is 19.6. The Balaban J connectivity index is 0.00000304. The molecule has 188 valence electrons. The number of anilines is 2. The number of rotatable bonds is 8. The maximum atomic E-state index is 13.3. The molecule has 0 unspecified atom stereocenters. The molecule has 4 aromatic rings. The number of benzene rings is 3. The quantitative estimate of drug-likeness (QED) is 0.273. The Kier molecular flexibility index (Phi) is 8.07. The Hall–Kier alpha value is -3.62. The fourth-order valence-corrected chi connectivity index (χ4v) is 4.43. The number of aromatic nitrogens is 2. The van der Waals surface area contributed by atoms with Gasteiger partial charge in [-0.1, -0.05) is 18.2 Å². The first-order chi connectivity index (χ1) is 17.0. The minimum atomic E-state index is -0.288. The molecule has 0 bridgehead atoms. The summed E-state index contributed by atoms with van der Waals surface area (Å²) in [5, 5.41) is 6.81. The molecule has 2 heterocycles. The van der Waals surface area contributed by atoms with Crippen LogP contribution in [0.3, 0.4) is 0 Å². The van der Waals surface area contributed by atoms with Crippen LogP contribution in [0.1, 0.15) is 12.8 Å². The zero-order valence-corrected chi connectivity index (χ0v) is 20.4. The Morgan fingerprint density at radius 1 is 0.889 bits per heavy atom.